The molecule has 12 heteroatoms. The molecule has 1 aliphatic carbocycles. The molecule has 1 aliphatic rings. The Balaban J connectivity index is 1.83. The van der Waals surface area contributed by atoms with Gasteiger partial charge in [0.2, 0.25) is 11.8 Å². The summed E-state index contributed by atoms with van der Waals surface area (Å²) in [5, 5.41) is 10.7. The topological polar surface area (TPSA) is 160 Å². The number of aromatic nitrogens is 1. The highest BCUT2D eigenvalue weighted by Gasteiger charge is 2.31. The number of nitrogens with two attached hydrogens (primary N) is 1. The SMILES string of the molecule is Cc1ncc(C(=O)N[C@@H](CC(C)C)C(=O)N[C@@H](CC2CCC(C)CC2)C(=O)N[C@H](/C=C/S(C)(=O)=O)Cc2ccc(CN)cc2)s1. The molecule has 3 rings (SSSR count). The van der Waals surface area contributed by atoms with E-state index in [9.17, 15) is 22.8 Å². The monoisotopic (exact) mass is 659 g/mol. The molecule has 0 radical (unpaired) electrons. The Morgan fingerprint density at radius 2 is 1.62 bits per heavy atom. The van der Waals surface area contributed by atoms with E-state index in [2.05, 4.69) is 27.9 Å². The highest BCUT2D eigenvalue weighted by atomic mass is 32.2. The Morgan fingerprint density at radius 3 is 2.18 bits per heavy atom. The van der Waals surface area contributed by atoms with Crippen LogP contribution in [0, 0.1) is 24.7 Å². The number of hydrogen-bond acceptors (Lipinski definition) is 8. The molecule has 5 N–H and O–H groups in total. The lowest BCUT2D eigenvalue weighted by molar-refractivity contribution is -0.130. The minimum atomic E-state index is -3.44. The first-order chi connectivity index (χ1) is 21.2. The number of thiazole rings is 1. The number of rotatable bonds is 15. The van der Waals surface area contributed by atoms with Crippen LogP contribution in [0.3, 0.4) is 0 Å². The number of nitrogens with one attached hydrogen (secondary N) is 3. The minimum Gasteiger partial charge on any atom is -0.348 e. The summed E-state index contributed by atoms with van der Waals surface area (Å²) >= 11 is 1.25. The van der Waals surface area contributed by atoms with Gasteiger partial charge in [0.05, 0.1) is 17.2 Å². The lowest BCUT2D eigenvalue weighted by Crippen LogP contribution is -2.55. The van der Waals surface area contributed by atoms with Crippen LogP contribution in [0.5, 0.6) is 0 Å². The Hall–Kier alpha value is -3.09. The average molecular weight is 660 g/mol. The van der Waals surface area contributed by atoms with E-state index in [0.717, 1.165) is 53.5 Å². The molecule has 45 heavy (non-hydrogen) atoms. The quantitative estimate of drug-likeness (QED) is 0.225. The lowest BCUT2D eigenvalue weighted by Gasteiger charge is -2.31. The molecule has 2 aromatic rings. The fraction of sp³-hybridized carbons (Fsp3) is 0.576. The summed E-state index contributed by atoms with van der Waals surface area (Å²) in [6, 6.07) is 5.27. The zero-order valence-electron chi connectivity index (χ0n) is 27.0. The van der Waals surface area contributed by atoms with Crippen molar-refractivity contribution >= 4 is 38.9 Å². The van der Waals surface area contributed by atoms with Crippen molar-refractivity contribution < 1.29 is 22.8 Å². The van der Waals surface area contributed by atoms with Gasteiger partial charge < -0.3 is 21.7 Å². The van der Waals surface area contributed by atoms with Crippen LogP contribution in [-0.2, 0) is 32.4 Å². The molecule has 248 valence electrons. The van der Waals surface area contributed by atoms with E-state index < -0.39 is 39.8 Å². The molecule has 0 aliphatic heterocycles. The zero-order valence-corrected chi connectivity index (χ0v) is 28.7. The molecule has 1 saturated carbocycles. The van der Waals surface area contributed by atoms with E-state index in [0.29, 0.717) is 36.6 Å². The summed E-state index contributed by atoms with van der Waals surface area (Å²) in [5.41, 5.74) is 7.59. The normalized spacial score (nSPS) is 19.2. The van der Waals surface area contributed by atoms with Crippen molar-refractivity contribution in [2.45, 2.75) is 97.3 Å². The fourth-order valence-corrected chi connectivity index (χ4v) is 6.71. The van der Waals surface area contributed by atoms with Crippen LogP contribution in [-0.4, -0.2) is 55.5 Å². The summed E-state index contributed by atoms with van der Waals surface area (Å²) in [4.78, 5) is 45.2. The molecule has 3 atom stereocenters. The van der Waals surface area contributed by atoms with Crippen molar-refractivity contribution in [1.82, 2.24) is 20.9 Å². The second-order valence-corrected chi connectivity index (χ2v) is 16.0. The number of amides is 3. The third-order valence-electron chi connectivity index (χ3n) is 8.11. The molecule has 3 amide bonds. The van der Waals surface area contributed by atoms with Crippen LogP contribution in [0.1, 0.15) is 85.1 Å². The predicted molar refractivity (Wildman–Crippen MR) is 179 cm³/mol. The second kappa shape index (κ2) is 17.0. The molecular weight excluding hydrogens is 611 g/mol. The van der Waals surface area contributed by atoms with E-state index in [1.165, 1.54) is 23.6 Å². The standard InChI is InChI=1S/C33H49N5O5S2/c1-21(2)16-28(38-33(41)30-20-35-23(4)44-30)32(40)37-29(18-25-8-6-22(3)7-9-25)31(39)36-27(14-15-45(5,42)43)17-24-10-12-26(19-34)13-11-24/h10-15,20-22,25,27-29H,6-9,16-19,34H2,1-5H3,(H,36,39)(H,37,40)(H,38,41)/b15-14+/t22?,25?,27-,28+,29+/m1/s1. The highest BCUT2D eigenvalue weighted by Crippen LogP contribution is 2.31. The molecule has 1 aromatic heterocycles. The Bertz CT molecular complexity index is 1410. The maximum absolute atomic E-state index is 13.9. The van der Waals surface area contributed by atoms with Crippen LogP contribution in [0.25, 0.3) is 0 Å². The molecule has 1 heterocycles. The molecule has 0 bridgehead atoms. The van der Waals surface area contributed by atoms with Crippen molar-refractivity contribution in [2.24, 2.45) is 23.5 Å². The maximum atomic E-state index is 13.9. The van der Waals surface area contributed by atoms with E-state index >= 15 is 0 Å². The minimum absolute atomic E-state index is 0.104. The van der Waals surface area contributed by atoms with Crippen LogP contribution in [0.15, 0.2) is 41.9 Å². The summed E-state index contributed by atoms with van der Waals surface area (Å²) in [6.45, 7) is 8.37. The number of carbonyl (C=O) groups is 3. The highest BCUT2D eigenvalue weighted by molar-refractivity contribution is 7.93. The molecule has 1 fully saturated rings. The number of carbonyl (C=O) groups excluding carboxylic acids is 3. The van der Waals surface area contributed by atoms with Crippen LogP contribution >= 0.6 is 11.3 Å². The first-order valence-electron chi connectivity index (χ1n) is 15.7. The van der Waals surface area contributed by atoms with Crippen molar-refractivity contribution in [2.75, 3.05) is 6.26 Å². The van der Waals surface area contributed by atoms with Crippen LogP contribution < -0.4 is 21.7 Å². The summed E-state index contributed by atoms with van der Waals surface area (Å²) in [6.07, 6.45) is 9.31. The third kappa shape index (κ3) is 12.7. The van der Waals surface area contributed by atoms with E-state index in [1.54, 1.807) is 0 Å². The van der Waals surface area contributed by atoms with E-state index in [-0.39, 0.29) is 17.7 Å². The van der Waals surface area contributed by atoms with Gasteiger partial charge >= 0.3 is 0 Å². The van der Waals surface area contributed by atoms with Gasteiger partial charge in [0.1, 0.15) is 17.0 Å². The molecule has 0 spiro atoms. The Kier molecular flexibility index (Phi) is 13.7. The average Bonchev–Trinajstić information content (AvgIpc) is 3.42. The number of hydrogen-bond donors (Lipinski definition) is 4. The summed E-state index contributed by atoms with van der Waals surface area (Å²) in [7, 11) is -3.44. The summed E-state index contributed by atoms with van der Waals surface area (Å²) in [5.74, 6) is -0.216. The molecule has 1 aromatic carbocycles. The predicted octanol–water partition coefficient (Wildman–Crippen LogP) is 4.04. The van der Waals surface area contributed by atoms with Gasteiger partial charge in [0, 0.05) is 18.2 Å². The van der Waals surface area contributed by atoms with Crippen LogP contribution in [0.2, 0.25) is 0 Å². The number of benzene rings is 1. The zero-order chi connectivity index (χ0) is 33.1. The second-order valence-electron chi connectivity index (χ2n) is 12.8. The maximum Gasteiger partial charge on any atom is 0.263 e. The van der Waals surface area contributed by atoms with Crippen molar-refractivity contribution in [3.8, 4) is 0 Å². The number of sulfone groups is 1. The van der Waals surface area contributed by atoms with Crippen molar-refractivity contribution in [1.29, 1.82) is 0 Å². The molecule has 0 unspecified atom stereocenters. The summed E-state index contributed by atoms with van der Waals surface area (Å²) < 4.78 is 23.9. The van der Waals surface area contributed by atoms with Gasteiger partial charge in [-0.25, -0.2) is 13.4 Å². The van der Waals surface area contributed by atoms with Gasteiger partial charge in [-0.1, -0.05) is 76.8 Å². The van der Waals surface area contributed by atoms with Crippen LogP contribution in [0.4, 0.5) is 0 Å². The molecular formula is C33H49N5O5S2. The first kappa shape index (κ1) is 36.4. The van der Waals surface area contributed by atoms with E-state index in [1.807, 2.05) is 45.0 Å². The van der Waals surface area contributed by atoms with Gasteiger partial charge in [-0.3, -0.25) is 14.4 Å². The van der Waals surface area contributed by atoms with Crippen molar-refractivity contribution in [3.63, 3.8) is 0 Å². The van der Waals surface area contributed by atoms with Gasteiger partial charge in [-0.2, -0.15) is 0 Å². The fourth-order valence-electron chi connectivity index (χ4n) is 5.55. The largest absolute Gasteiger partial charge is 0.348 e. The van der Waals surface area contributed by atoms with Gasteiger partial charge in [0.15, 0.2) is 9.84 Å². The van der Waals surface area contributed by atoms with Crippen molar-refractivity contribution in [3.05, 3.63) is 63.0 Å². The Morgan fingerprint density at radius 1 is 1.00 bits per heavy atom. The third-order valence-corrected chi connectivity index (χ3v) is 9.67. The number of nitrogens with zero attached hydrogens (tertiary/aromatic N) is 1. The van der Waals surface area contributed by atoms with E-state index in [4.69, 9.17) is 5.73 Å². The molecule has 10 nitrogen and oxygen atoms in total. The smallest absolute Gasteiger partial charge is 0.263 e. The number of aryl methyl sites for hydroxylation is 1. The van der Waals surface area contributed by atoms with Gasteiger partial charge in [0.25, 0.3) is 5.91 Å². The lowest BCUT2D eigenvalue weighted by atomic mass is 9.80. The van der Waals surface area contributed by atoms with Gasteiger partial charge in [-0.05, 0) is 55.1 Å². The first-order valence-corrected chi connectivity index (χ1v) is 18.5. The Labute approximate surface area is 272 Å². The van der Waals surface area contributed by atoms with Gasteiger partial charge in [-0.15, -0.1) is 11.3 Å². The molecule has 0 saturated heterocycles.